The summed E-state index contributed by atoms with van der Waals surface area (Å²) in [6, 6.07) is 11.8. The first-order valence-corrected chi connectivity index (χ1v) is 9.08. The number of nitrogens with two attached hydrogens (primary N) is 1. The summed E-state index contributed by atoms with van der Waals surface area (Å²) >= 11 is 0. The second kappa shape index (κ2) is 6.74. The van der Waals surface area contributed by atoms with E-state index in [1.807, 2.05) is 0 Å². The SMILES string of the molecule is Cc1ccc(/N=N/c2cc(S(=O)(=O)O)c3ccccc3c2N)c([N+](=O)[O-])c1. The van der Waals surface area contributed by atoms with Gasteiger partial charge in [-0.1, -0.05) is 30.3 Å². The second-order valence-corrected chi connectivity index (χ2v) is 7.17. The fraction of sp³-hybridized carbons (Fsp3) is 0.0588. The first kappa shape index (κ1) is 18.4. The highest BCUT2D eigenvalue weighted by Crippen LogP contribution is 2.37. The molecular formula is C17H14N4O5S. The summed E-state index contributed by atoms with van der Waals surface area (Å²) in [4.78, 5) is 10.2. The van der Waals surface area contributed by atoms with Gasteiger partial charge >= 0.3 is 0 Å². The van der Waals surface area contributed by atoms with Crippen molar-refractivity contribution in [3.05, 3.63) is 64.2 Å². The number of nitrogen functional groups attached to an aromatic ring is 1. The zero-order valence-corrected chi connectivity index (χ0v) is 14.8. The van der Waals surface area contributed by atoms with Crippen LogP contribution in [-0.2, 0) is 10.1 Å². The molecule has 0 unspecified atom stereocenters. The van der Waals surface area contributed by atoms with Gasteiger partial charge in [0.15, 0.2) is 5.69 Å². The Morgan fingerprint density at radius 1 is 1.04 bits per heavy atom. The van der Waals surface area contributed by atoms with Gasteiger partial charge < -0.3 is 5.73 Å². The van der Waals surface area contributed by atoms with Crippen molar-refractivity contribution in [2.45, 2.75) is 11.8 Å². The van der Waals surface area contributed by atoms with Crippen molar-refractivity contribution >= 4 is 43.6 Å². The van der Waals surface area contributed by atoms with Crippen molar-refractivity contribution in [2.75, 3.05) is 5.73 Å². The maximum Gasteiger partial charge on any atom is 0.296 e. The Morgan fingerprint density at radius 3 is 2.30 bits per heavy atom. The number of anilines is 1. The summed E-state index contributed by atoms with van der Waals surface area (Å²) < 4.78 is 32.9. The number of aryl methyl sites for hydroxylation is 1. The number of nitrogens with zero attached hydrogens (tertiary/aromatic N) is 3. The lowest BCUT2D eigenvalue weighted by Gasteiger charge is -2.09. The van der Waals surface area contributed by atoms with Gasteiger partial charge in [-0.05, 0) is 24.6 Å². The smallest absolute Gasteiger partial charge is 0.296 e. The molecule has 0 aliphatic heterocycles. The molecule has 3 aromatic carbocycles. The maximum atomic E-state index is 11.7. The molecule has 3 rings (SSSR count). The van der Waals surface area contributed by atoms with Gasteiger partial charge in [-0.3, -0.25) is 14.7 Å². The minimum Gasteiger partial charge on any atom is -0.396 e. The Labute approximate surface area is 154 Å². The minimum atomic E-state index is -4.54. The van der Waals surface area contributed by atoms with E-state index in [4.69, 9.17) is 5.73 Å². The van der Waals surface area contributed by atoms with Crippen molar-refractivity contribution < 1.29 is 17.9 Å². The molecule has 0 radical (unpaired) electrons. The Morgan fingerprint density at radius 2 is 1.67 bits per heavy atom. The molecule has 0 fully saturated rings. The highest BCUT2D eigenvalue weighted by atomic mass is 32.2. The van der Waals surface area contributed by atoms with Crippen LogP contribution >= 0.6 is 0 Å². The topological polar surface area (TPSA) is 148 Å². The van der Waals surface area contributed by atoms with E-state index in [2.05, 4.69) is 10.2 Å². The molecule has 0 heterocycles. The van der Waals surface area contributed by atoms with Gasteiger partial charge in [-0.2, -0.15) is 8.42 Å². The molecule has 0 saturated heterocycles. The average Bonchev–Trinajstić information content (AvgIpc) is 2.61. The predicted molar refractivity (Wildman–Crippen MR) is 100 cm³/mol. The Balaban J connectivity index is 2.21. The maximum absolute atomic E-state index is 11.7. The van der Waals surface area contributed by atoms with Crippen LogP contribution in [0.2, 0.25) is 0 Å². The van der Waals surface area contributed by atoms with Crippen LogP contribution in [0.3, 0.4) is 0 Å². The van der Waals surface area contributed by atoms with Crippen LogP contribution in [-0.4, -0.2) is 17.9 Å². The van der Waals surface area contributed by atoms with E-state index in [1.54, 1.807) is 31.2 Å². The molecule has 0 saturated carbocycles. The van der Waals surface area contributed by atoms with Crippen LogP contribution in [0.4, 0.5) is 22.7 Å². The quantitative estimate of drug-likeness (QED) is 0.224. The van der Waals surface area contributed by atoms with Gasteiger partial charge in [-0.25, -0.2) is 0 Å². The predicted octanol–water partition coefficient (Wildman–Crippen LogP) is 4.30. The third-order valence-electron chi connectivity index (χ3n) is 3.90. The van der Waals surface area contributed by atoms with Gasteiger partial charge in [0.05, 0.1) is 10.6 Å². The fourth-order valence-electron chi connectivity index (χ4n) is 2.62. The zero-order chi connectivity index (χ0) is 19.8. The van der Waals surface area contributed by atoms with Crippen molar-refractivity contribution in [3.63, 3.8) is 0 Å². The average molecular weight is 386 g/mol. The number of hydrogen-bond donors (Lipinski definition) is 2. The molecule has 138 valence electrons. The van der Waals surface area contributed by atoms with E-state index in [-0.39, 0.29) is 33.0 Å². The van der Waals surface area contributed by atoms with E-state index in [1.165, 1.54) is 18.2 Å². The fourth-order valence-corrected chi connectivity index (χ4v) is 3.34. The van der Waals surface area contributed by atoms with E-state index < -0.39 is 15.0 Å². The summed E-state index contributed by atoms with van der Waals surface area (Å²) in [5.41, 5.74) is 6.59. The largest absolute Gasteiger partial charge is 0.396 e. The molecule has 0 bridgehead atoms. The molecule has 0 spiro atoms. The van der Waals surface area contributed by atoms with Gasteiger partial charge in [0.1, 0.15) is 10.6 Å². The van der Waals surface area contributed by atoms with Gasteiger partial charge in [-0.15, -0.1) is 10.2 Å². The lowest BCUT2D eigenvalue weighted by molar-refractivity contribution is -0.384. The molecule has 10 heteroatoms. The number of azo groups is 1. The van der Waals surface area contributed by atoms with Gasteiger partial charge in [0.25, 0.3) is 15.8 Å². The van der Waals surface area contributed by atoms with E-state index in [0.717, 1.165) is 6.07 Å². The Bertz CT molecular complexity index is 1210. The third-order valence-corrected chi connectivity index (χ3v) is 4.79. The van der Waals surface area contributed by atoms with Crippen LogP contribution in [0.5, 0.6) is 0 Å². The van der Waals surface area contributed by atoms with Crippen molar-refractivity contribution in [1.82, 2.24) is 0 Å². The van der Waals surface area contributed by atoms with Crippen molar-refractivity contribution in [1.29, 1.82) is 0 Å². The number of hydrogen-bond acceptors (Lipinski definition) is 7. The summed E-state index contributed by atoms with van der Waals surface area (Å²) in [7, 11) is -4.54. The number of nitro groups is 1. The standard InChI is InChI=1S/C17H14N4O5S/c1-10-6-7-13(15(8-10)21(22)23)19-20-14-9-16(27(24,25)26)11-4-2-3-5-12(11)17(14)18/h2-9H,18H2,1H3,(H,24,25,26)/b20-19+. The number of benzene rings is 3. The first-order chi connectivity index (χ1) is 12.7. The molecule has 9 nitrogen and oxygen atoms in total. The van der Waals surface area contributed by atoms with E-state index >= 15 is 0 Å². The van der Waals surface area contributed by atoms with E-state index in [9.17, 15) is 23.1 Å². The molecule has 3 N–H and O–H groups in total. The summed E-state index contributed by atoms with van der Waals surface area (Å²) in [5, 5.41) is 19.5. The first-order valence-electron chi connectivity index (χ1n) is 7.64. The molecule has 0 aliphatic carbocycles. The van der Waals surface area contributed by atoms with Crippen molar-refractivity contribution in [2.24, 2.45) is 10.2 Å². The summed E-state index contributed by atoms with van der Waals surface area (Å²) in [6.45, 7) is 1.70. The normalized spacial score (nSPS) is 11.9. The monoisotopic (exact) mass is 386 g/mol. The van der Waals surface area contributed by atoms with Crippen LogP contribution in [0.15, 0.2) is 63.7 Å². The number of fused-ring (bicyclic) bond motifs is 1. The lowest BCUT2D eigenvalue weighted by atomic mass is 10.1. The van der Waals surface area contributed by atoms with Crippen LogP contribution in [0, 0.1) is 17.0 Å². The highest BCUT2D eigenvalue weighted by molar-refractivity contribution is 7.86. The molecular weight excluding hydrogens is 372 g/mol. The van der Waals surface area contributed by atoms with Crippen LogP contribution < -0.4 is 5.73 Å². The molecule has 0 aromatic heterocycles. The molecule has 0 aliphatic rings. The van der Waals surface area contributed by atoms with Crippen LogP contribution in [0.1, 0.15) is 5.56 Å². The Hall–Kier alpha value is -3.37. The van der Waals surface area contributed by atoms with Gasteiger partial charge in [0.2, 0.25) is 0 Å². The van der Waals surface area contributed by atoms with E-state index in [0.29, 0.717) is 10.9 Å². The minimum absolute atomic E-state index is 0.00781. The Kier molecular flexibility index (Phi) is 4.60. The van der Waals surface area contributed by atoms with Gasteiger partial charge in [0, 0.05) is 16.8 Å². The lowest BCUT2D eigenvalue weighted by Crippen LogP contribution is -2.01. The second-order valence-electron chi connectivity index (χ2n) is 5.78. The van der Waals surface area contributed by atoms with Crippen molar-refractivity contribution in [3.8, 4) is 0 Å². The summed E-state index contributed by atoms with van der Waals surface area (Å²) in [6.07, 6.45) is 0. The summed E-state index contributed by atoms with van der Waals surface area (Å²) in [5.74, 6) is 0. The van der Waals surface area contributed by atoms with Crippen LogP contribution in [0.25, 0.3) is 10.8 Å². The molecule has 0 atom stereocenters. The highest BCUT2D eigenvalue weighted by Gasteiger charge is 2.19. The number of nitro benzene ring substituents is 1. The zero-order valence-electron chi connectivity index (χ0n) is 14.0. The third kappa shape index (κ3) is 3.61. The number of rotatable bonds is 4. The molecule has 27 heavy (non-hydrogen) atoms. The molecule has 3 aromatic rings. The molecule has 0 amide bonds.